The zero-order valence-electron chi connectivity index (χ0n) is 6.85. The molecule has 0 spiro atoms. The van der Waals surface area contributed by atoms with E-state index in [2.05, 4.69) is 45.3 Å². The molecule has 1 rings (SSSR count). The molecule has 3 heteroatoms. The molecule has 0 aliphatic carbocycles. The van der Waals surface area contributed by atoms with E-state index in [0.717, 1.165) is 24.0 Å². The molecule has 1 aromatic rings. The largest absolute Gasteiger partial charge is 0.312 e. The number of halogens is 1. The molecule has 0 radical (unpaired) electrons. The summed E-state index contributed by atoms with van der Waals surface area (Å²) in [5.74, 6) is 0. The topological polar surface area (TPSA) is 12.0 Å². The first-order valence-electron chi connectivity index (χ1n) is 3.85. The lowest BCUT2D eigenvalue weighted by Gasteiger charge is -2.00. The predicted octanol–water partition coefficient (Wildman–Crippen LogP) is 2.79. The Labute approximate surface area is 85.6 Å². The third-order valence-corrected chi connectivity index (χ3v) is 2.66. The van der Waals surface area contributed by atoms with E-state index in [9.17, 15) is 0 Å². The van der Waals surface area contributed by atoms with Crippen LogP contribution in [-0.2, 0) is 6.42 Å². The van der Waals surface area contributed by atoms with Crippen LogP contribution in [0.25, 0.3) is 0 Å². The fourth-order valence-corrected chi connectivity index (χ4v) is 1.80. The first kappa shape index (κ1) is 9.96. The van der Waals surface area contributed by atoms with Crippen molar-refractivity contribution in [3.05, 3.63) is 33.5 Å². The molecule has 0 amide bonds. The molecular formula is C9H12BrNS. The number of thiophene rings is 1. The van der Waals surface area contributed by atoms with Crippen molar-refractivity contribution in [2.24, 2.45) is 0 Å². The summed E-state index contributed by atoms with van der Waals surface area (Å²) in [6, 6.07) is 4.25. The van der Waals surface area contributed by atoms with Gasteiger partial charge in [-0.2, -0.15) is 0 Å². The molecule has 1 N–H and O–H groups in total. The van der Waals surface area contributed by atoms with Crippen LogP contribution in [0.2, 0.25) is 0 Å². The summed E-state index contributed by atoms with van der Waals surface area (Å²) in [6.45, 7) is 5.62. The summed E-state index contributed by atoms with van der Waals surface area (Å²) in [4.78, 5) is 1.43. The van der Waals surface area contributed by atoms with Gasteiger partial charge in [0.25, 0.3) is 0 Å². The summed E-state index contributed by atoms with van der Waals surface area (Å²) in [5.41, 5.74) is 0. The maximum Gasteiger partial charge on any atom is 0.0265 e. The van der Waals surface area contributed by atoms with Crippen LogP contribution in [0.4, 0.5) is 0 Å². The second kappa shape index (κ2) is 5.51. The van der Waals surface area contributed by atoms with Crippen LogP contribution in [-0.4, -0.2) is 13.1 Å². The Morgan fingerprint density at radius 3 is 3.08 bits per heavy atom. The Balaban J connectivity index is 2.07. The van der Waals surface area contributed by atoms with Crippen molar-refractivity contribution in [3.8, 4) is 0 Å². The fraction of sp³-hybridized carbons (Fsp3) is 0.333. The van der Waals surface area contributed by atoms with Crippen LogP contribution in [0.1, 0.15) is 4.88 Å². The van der Waals surface area contributed by atoms with Gasteiger partial charge in [0, 0.05) is 22.4 Å². The van der Waals surface area contributed by atoms with Gasteiger partial charge in [0.05, 0.1) is 0 Å². The van der Waals surface area contributed by atoms with Gasteiger partial charge in [-0.15, -0.1) is 11.3 Å². The maximum absolute atomic E-state index is 3.75. The van der Waals surface area contributed by atoms with Crippen LogP contribution >= 0.6 is 27.3 Å². The Morgan fingerprint density at radius 2 is 2.50 bits per heavy atom. The van der Waals surface area contributed by atoms with Gasteiger partial charge in [-0.3, -0.25) is 0 Å². The van der Waals surface area contributed by atoms with Crippen molar-refractivity contribution in [1.29, 1.82) is 0 Å². The molecule has 0 saturated heterocycles. The van der Waals surface area contributed by atoms with Gasteiger partial charge in [-0.1, -0.05) is 28.6 Å². The first-order valence-corrected chi connectivity index (χ1v) is 5.52. The van der Waals surface area contributed by atoms with Crippen molar-refractivity contribution in [3.63, 3.8) is 0 Å². The maximum atomic E-state index is 3.75. The quantitative estimate of drug-likeness (QED) is 0.788. The third kappa shape index (κ3) is 4.04. The summed E-state index contributed by atoms with van der Waals surface area (Å²) >= 11 is 5.11. The average molecular weight is 246 g/mol. The summed E-state index contributed by atoms with van der Waals surface area (Å²) in [7, 11) is 0. The Bertz CT molecular complexity index is 231. The van der Waals surface area contributed by atoms with Crippen molar-refractivity contribution < 1.29 is 0 Å². The van der Waals surface area contributed by atoms with Gasteiger partial charge in [0.1, 0.15) is 0 Å². The molecule has 66 valence electrons. The number of hydrogen-bond acceptors (Lipinski definition) is 2. The van der Waals surface area contributed by atoms with E-state index in [0.29, 0.717) is 0 Å². The van der Waals surface area contributed by atoms with E-state index < -0.39 is 0 Å². The molecule has 0 unspecified atom stereocenters. The van der Waals surface area contributed by atoms with E-state index in [4.69, 9.17) is 0 Å². The third-order valence-electron chi connectivity index (χ3n) is 1.45. The molecule has 0 saturated carbocycles. The molecule has 1 heterocycles. The van der Waals surface area contributed by atoms with E-state index in [1.54, 1.807) is 0 Å². The molecule has 0 fully saturated rings. The Hall–Kier alpha value is -0.120. The second-order valence-corrected chi connectivity index (χ2v) is 4.68. The van der Waals surface area contributed by atoms with Crippen LogP contribution < -0.4 is 5.32 Å². The molecule has 0 aromatic carbocycles. The minimum absolute atomic E-state index is 0.853. The van der Waals surface area contributed by atoms with Crippen molar-refractivity contribution in [1.82, 2.24) is 5.32 Å². The van der Waals surface area contributed by atoms with E-state index in [-0.39, 0.29) is 0 Å². The Kier molecular flexibility index (Phi) is 4.58. The molecule has 0 aliphatic heterocycles. The average Bonchev–Trinajstić information content (AvgIpc) is 2.49. The molecular weight excluding hydrogens is 234 g/mol. The van der Waals surface area contributed by atoms with Gasteiger partial charge >= 0.3 is 0 Å². The van der Waals surface area contributed by atoms with E-state index in [1.807, 2.05) is 11.3 Å². The SMILES string of the molecule is C=C(Br)CNCCc1cccs1. The highest BCUT2D eigenvalue weighted by Gasteiger charge is 1.92. The van der Waals surface area contributed by atoms with Crippen LogP contribution in [0, 0.1) is 0 Å². The van der Waals surface area contributed by atoms with E-state index in [1.165, 1.54) is 4.88 Å². The van der Waals surface area contributed by atoms with Gasteiger partial charge in [-0.25, -0.2) is 0 Å². The summed E-state index contributed by atoms with van der Waals surface area (Å²) in [5, 5.41) is 5.39. The molecule has 12 heavy (non-hydrogen) atoms. The summed E-state index contributed by atoms with van der Waals surface area (Å²) in [6.07, 6.45) is 1.11. The van der Waals surface area contributed by atoms with Gasteiger partial charge in [0.15, 0.2) is 0 Å². The standard InChI is InChI=1S/C9H12BrNS/c1-8(10)7-11-5-4-9-3-2-6-12-9/h2-3,6,11H,1,4-5,7H2. The second-order valence-electron chi connectivity index (χ2n) is 2.52. The number of rotatable bonds is 5. The summed E-state index contributed by atoms with van der Waals surface area (Å²) < 4.78 is 1.01. The van der Waals surface area contributed by atoms with Crippen LogP contribution in [0.3, 0.4) is 0 Å². The lowest BCUT2D eigenvalue weighted by atomic mass is 10.3. The molecule has 0 atom stereocenters. The monoisotopic (exact) mass is 245 g/mol. The smallest absolute Gasteiger partial charge is 0.0265 e. The highest BCUT2D eigenvalue weighted by Crippen LogP contribution is 2.08. The lowest BCUT2D eigenvalue weighted by Crippen LogP contribution is -2.17. The van der Waals surface area contributed by atoms with Crippen molar-refractivity contribution in [2.45, 2.75) is 6.42 Å². The lowest BCUT2D eigenvalue weighted by molar-refractivity contribution is 0.748. The minimum atomic E-state index is 0.853. The minimum Gasteiger partial charge on any atom is -0.312 e. The van der Waals surface area contributed by atoms with Gasteiger partial charge < -0.3 is 5.32 Å². The van der Waals surface area contributed by atoms with E-state index >= 15 is 0 Å². The molecule has 0 aliphatic rings. The molecule has 1 nitrogen and oxygen atoms in total. The van der Waals surface area contributed by atoms with Crippen molar-refractivity contribution >= 4 is 27.3 Å². The number of nitrogens with one attached hydrogen (secondary N) is 1. The number of hydrogen-bond donors (Lipinski definition) is 1. The van der Waals surface area contributed by atoms with Crippen molar-refractivity contribution in [2.75, 3.05) is 13.1 Å². The Morgan fingerprint density at radius 1 is 1.67 bits per heavy atom. The highest BCUT2D eigenvalue weighted by atomic mass is 79.9. The highest BCUT2D eigenvalue weighted by molar-refractivity contribution is 9.11. The van der Waals surface area contributed by atoms with Gasteiger partial charge in [0.2, 0.25) is 0 Å². The predicted molar refractivity (Wildman–Crippen MR) is 59.0 cm³/mol. The first-order chi connectivity index (χ1) is 5.79. The van der Waals surface area contributed by atoms with Crippen LogP contribution in [0.15, 0.2) is 28.6 Å². The fourth-order valence-electron chi connectivity index (χ4n) is 0.890. The normalized spacial score (nSPS) is 10.1. The zero-order valence-corrected chi connectivity index (χ0v) is 9.25. The molecule has 1 aromatic heterocycles. The van der Waals surface area contributed by atoms with Gasteiger partial charge in [-0.05, 0) is 17.9 Å². The van der Waals surface area contributed by atoms with Crippen LogP contribution in [0.5, 0.6) is 0 Å². The zero-order chi connectivity index (χ0) is 8.81. The molecule has 0 bridgehead atoms.